The molecule has 1 rings (SSSR count). The SMILES string of the molecule is CC(/C=C/[C@@H](C)CO)c1ccccc1. The van der Waals surface area contributed by atoms with Gasteiger partial charge in [0.05, 0.1) is 0 Å². The molecule has 1 N–H and O–H groups in total. The Bertz CT molecular complexity index is 277. The van der Waals surface area contributed by atoms with Crippen LogP contribution in [0, 0.1) is 5.92 Å². The zero-order chi connectivity index (χ0) is 10.4. The third-order valence-corrected chi connectivity index (χ3v) is 2.34. The maximum absolute atomic E-state index is 8.87. The van der Waals surface area contributed by atoms with Crippen LogP contribution in [0.15, 0.2) is 42.5 Å². The highest BCUT2D eigenvalue weighted by Gasteiger charge is 2.00. The van der Waals surface area contributed by atoms with Crippen molar-refractivity contribution in [3.8, 4) is 0 Å². The number of hydrogen-bond acceptors (Lipinski definition) is 1. The van der Waals surface area contributed by atoms with Crippen LogP contribution in [0.5, 0.6) is 0 Å². The van der Waals surface area contributed by atoms with Gasteiger partial charge in [0.15, 0.2) is 0 Å². The lowest BCUT2D eigenvalue weighted by Gasteiger charge is -2.07. The standard InChI is InChI=1S/C13H18O/c1-11(10-14)8-9-12(2)13-6-4-3-5-7-13/h3-9,11-12,14H,10H2,1-2H3/b9-8+/t11-,12?/m1/s1. The second-order valence-electron chi connectivity index (χ2n) is 3.74. The summed E-state index contributed by atoms with van der Waals surface area (Å²) < 4.78 is 0. The maximum atomic E-state index is 8.87. The summed E-state index contributed by atoms with van der Waals surface area (Å²) in [5.41, 5.74) is 1.31. The van der Waals surface area contributed by atoms with Gasteiger partial charge < -0.3 is 5.11 Å². The molecule has 1 aromatic carbocycles. The van der Waals surface area contributed by atoms with Crippen molar-refractivity contribution in [2.24, 2.45) is 5.92 Å². The predicted octanol–water partition coefficient (Wildman–Crippen LogP) is 2.97. The number of aliphatic hydroxyl groups excluding tert-OH is 1. The van der Waals surface area contributed by atoms with Crippen molar-refractivity contribution >= 4 is 0 Å². The largest absolute Gasteiger partial charge is 0.396 e. The lowest BCUT2D eigenvalue weighted by Crippen LogP contribution is -1.96. The van der Waals surface area contributed by atoms with Crippen LogP contribution in [0.4, 0.5) is 0 Å². The van der Waals surface area contributed by atoms with E-state index in [0.29, 0.717) is 5.92 Å². The molecular formula is C13H18O. The summed E-state index contributed by atoms with van der Waals surface area (Å²) >= 11 is 0. The maximum Gasteiger partial charge on any atom is 0.0491 e. The molecule has 0 aromatic heterocycles. The molecule has 0 aliphatic heterocycles. The lowest BCUT2D eigenvalue weighted by atomic mass is 9.99. The van der Waals surface area contributed by atoms with Crippen molar-refractivity contribution in [1.82, 2.24) is 0 Å². The van der Waals surface area contributed by atoms with Crippen molar-refractivity contribution in [2.75, 3.05) is 6.61 Å². The van der Waals surface area contributed by atoms with Gasteiger partial charge in [-0.15, -0.1) is 0 Å². The van der Waals surface area contributed by atoms with E-state index in [1.54, 1.807) is 0 Å². The van der Waals surface area contributed by atoms with Gasteiger partial charge in [-0.25, -0.2) is 0 Å². The summed E-state index contributed by atoms with van der Waals surface area (Å²) in [6.07, 6.45) is 4.22. The molecule has 14 heavy (non-hydrogen) atoms. The Morgan fingerprint density at radius 1 is 1.14 bits per heavy atom. The summed E-state index contributed by atoms with van der Waals surface area (Å²) in [6, 6.07) is 10.4. The minimum absolute atomic E-state index is 0.220. The van der Waals surface area contributed by atoms with E-state index in [1.165, 1.54) is 5.56 Å². The minimum Gasteiger partial charge on any atom is -0.396 e. The average Bonchev–Trinajstić information content (AvgIpc) is 2.26. The van der Waals surface area contributed by atoms with E-state index in [-0.39, 0.29) is 12.5 Å². The van der Waals surface area contributed by atoms with E-state index in [0.717, 1.165) is 0 Å². The fraction of sp³-hybridized carbons (Fsp3) is 0.385. The number of benzene rings is 1. The third kappa shape index (κ3) is 3.35. The molecule has 0 heterocycles. The highest BCUT2D eigenvalue weighted by molar-refractivity contribution is 5.22. The molecule has 1 nitrogen and oxygen atoms in total. The predicted molar refractivity (Wildman–Crippen MR) is 60.2 cm³/mol. The first-order valence-corrected chi connectivity index (χ1v) is 5.08. The Morgan fingerprint density at radius 3 is 2.36 bits per heavy atom. The van der Waals surface area contributed by atoms with Gasteiger partial charge in [-0.05, 0) is 17.4 Å². The highest BCUT2D eigenvalue weighted by atomic mass is 16.3. The van der Waals surface area contributed by atoms with Gasteiger partial charge in [0.1, 0.15) is 0 Å². The van der Waals surface area contributed by atoms with Crippen LogP contribution in [0.2, 0.25) is 0 Å². The quantitative estimate of drug-likeness (QED) is 0.724. The second-order valence-corrected chi connectivity index (χ2v) is 3.74. The van der Waals surface area contributed by atoms with E-state index < -0.39 is 0 Å². The summed E-state index contributed by atoms with van der Waals surface area (Å²) in [5, 5.41) is 8.87. The van der Waals surface area contributed by atoms with Gasteiger partial charge in [-0.2, -0.15) is 0 Å². The fourth-order valence-electron chi connectivity index (χ4n) is 1.28. The van der Waals surface area contributed by atoms with E-state index in [4.69, 9.17) is 5.11 Å². The van der Waals surface area contributed by atoms with Gasteiger partial charge in [-0.3, -0.25) is 0 Å². The molecule has 0 saturated heterocycles. The first-order valence-electron chi connectivity index (χ1n) is 5.08. The molecule has 0 bridgehead atoms. The van der Waals surface area contributed by atoms with E-state index in [9.17, 15) is 0 Å². The van der Waals surface area contributed by atoms with Crippen molar-refractivity contribution < 1.29 is 5.11 Å². The Kier molecular flexibility index (Phi) is 4.41. The van der Waals surface area contributed by atoms with Crippen LogP contribution in [0.3, 0.4) is 0 Å². The van der Waals surface area contributed by atoms with E-state index in [1.807, 2.05) is 13.0 Å². The molecule has 0 aliphatic carbocycles. The van der Waals surface area contributed by atoms with Gasteiger partial charge in [0.25, 0.3) is 0 Å². The van der Waals surface area contributed by atoms with Crippen LogP contribution in [0.25, 0.3) is 0 Å². The first kappa shape index (κ1) is 11.0. The molecule has 1 unspecified atom stereocenters. The smallest absolute Gasteiger partial charge is 0.0491 e. The Labute approximate surface area is 86.1 Å². The Morgan fingerprint density at radius 2 is 1.79 bits per heavy atom. The molecule has 0 amide bonds. The van der Waals surface area contributed by atoms with E-state index >= 15 is 0 Å². The van der Waals surface area contributed by atoms with Crippen LogP contribution in [-0.2, 0) is 0 Å². The van der Waals surface area contributed by atoms with Crippen LogP contribution >= 0.6 is 0 Å². The van der Waals surface area contributed by atoms with E-state index in [2.05, 4.69) is 43.3 Å². The molecule has 1 heteroatoms. The summed E-state index contributed by atoms with van der Waals surface area (Å²) in [4.78, 5) is 0. The normalized spacial score (nSPS) is 15.6. The van der Waals surface area contributed by atoms with Gasteiger partial charge in [0, 0.05) is 6.61 Å². The first-order chi connectivity index (χ1) is 6.74. The number of aliphatic hydroxyl groups is 1. The average molecular weight is 190 g/mol. The second kappa shape index (κ2) is 5.61. The topological polar surface area (TPSA) is 20.2 Å². The van der Waals surface area contributed by atoms with Crippen LogP contribution < -0.4 is 0 Å². The summed E-state index contributed by atoms with van der Waals surface area (Å²) in [6.45, 7) is 4.39. The number of hydrogen-bond donors (Lipinski definition) is 1. The molecular weight excluding hydrogens is 172 g/mol. The van der Waals surface area contributed by atoms with Crippen molar-refractivity contribution in [2.45, 2.75) is 19.8 Å². The third-order valence-electron chi connectivity index (χ3n) is 2.34. The molecule has 0 aliphatic rings. The zero-order valence-corrected chi connectivity index (χ0v) is 8.85. The summed E-state index contributed by atoms with van der Waals surface area (Å²) in [7, 11) is 0. The van der Waals surface area contributed by atoms with Crippen molar-refractivity contribution in [3.05, 3.63) is 48.0 Å². The fourth-order valence-corrected chi connectivity index (χ4v) is 1.28. The minimum atomic E-state index is 0.220. The summed E-state index contributed by atoms with van der Waals surface area (Å²) in [5.74, 6) is 0.673. The molecule has 0 radical (unpaired) electrons. The number of rotatable bonds is 4. The lowest BCUT2D eigenvalue weighted by molar-refractivity contribution is 0.261. The highest BCUT2D eigenvalue weighted by Crippen LogP contribution is 2.16. The molecule has 76 valence electrons. The van der Waals surface area contributed by atoms with Gasteiger partial charge in [0.2, 0.25) is 0 Å². The molecule has 0 spiro atoms. The molecule has 2 atom stereocenters. The Balaban J connectivity index is 2.59. The van der Waals surface area contributed by atoms with Gasteiger partial charge in [-0.1, -0.05) is 56.3 Å². The molecule has 1 aromatic rings. The molecule has 0 saturated carbocycles. The molecule has 0 fully saturated rings. The van der Waals surface area contributed by atoms with Crippen LogP contribution in [0.1, 0.15) is 25.3 Å². The zero-order valence-electron chi connectivity index (χ0n) is 8.85. The monoisotopic (exact) mass is 190 g/mol. The number of allylic oxidation sites excluding steroid dienone is 1. The Hall–Kier alpha value is -1.08. The van der Waals surface area contributed by atoms with Crippen molar-refractivity contribution in [3.63, 3.8) is 0 Å². The van der Waals surface area contributed by atoms with Crippen LogP contribution in [-0.4, -0.2) is 11.7 Å². The van der Waals surface area contributed by atoms with Crippen molar-refractivity contribution in [1.29, 1.82) is 0 Å². The van der Waals surface area contributed by atoms with Gasteiger partial charge >= 0.3 is 0 Å².